The number of β-amino-alcohol motifs (C(OH)–C–C–N with tert-alkyl or cyclic N) is 1. The number of carboxylic acid groups (broad SMARTS) is 1. The van der Waals surface area contributed by atoms with Crippen LogP contribution in [0.1, 0.15) is 17.5 Å². The van der Waals surface area contributed by atoms with E-state index in [-0.39, 0.29) is 24.1 Å². The highest BCUT2D eigenvalue weighted by Gasteiger charge is 2.49. The summed E-state index contributed by atoms with van der Waals surface area (Å²) in [5, 5.41) is 20.5. The van der Waals surface area contributed by atoms with Gasteiger partial charge in [-0.2, -0.15) is 23.5 Å². The molecule has 3 rings (SSSR count). The Morgan fingerprint density at radius 3 is 2.45 bits per heavy atom. The predicted molar refractivity (Wildman–Crippen MR) is 125 cm³/mol. The Labute approximate surface area is 191 Å². The van der Waals surface area contributed by atoms with Gasteiger partial charge in [0.25, 0.3) is 0 Å². The van der Waals surface area contributed by atoms with Crippen molar-refractivity contribution in [3.63, 3.8) is 0 Å². The van der Waals surface area contributed by atoms with Crippen LogP contribution in [-0.2, 0) is 20.9 Å². The lowest BCUT2D eigenvalue weighted by molar-refractivity contribution is -0.147. The first-order valence-electron chi connectivity index (χ1n) is 9.92. The first-order chi connectivity index (χ1) is 14.9. The van der Waals surface area contributed by atoms with Crippen LogP contribution in [0.4, 0.5) is 0 Å². The predicted octanol–water partition coefficient (Wildman–Crippen LogP) is 3.23. The SMILES string of the molecule is COc1ccc(CSCC(SC)C(=O)N2CC(O)(c3ccccc3)C[C@H]2C(=O)O)cc1. The fraction of sp³-hybridized carbons (Fsp3) is 0.391. The summed E-state index contributed by atoms with van der Waals surface area (Å²) in [6.45, 7) is -0.0208. The number of benzene rings is 2. The van der Waals surface area contributed by atoms with Crippen molar-refractivity contribution in [2.24, 2.45) is 0 Å². The molecule has 31 heavy (non-hydrogen) atoms. The number of nitrogens with zero attached hydrogens (tertiary/aromatic N) is 1. The number of aliphatic carboxylic acids is 1. The molecule has 0 spiro atoms. The molecule has 0 radical (unpaired) electrons. The van der Waals surface area contributed by atoms with Gasteiger partial charge >= 0.3 is 5.97 Å². The van der Waals surface area contributed by atoms with Crippen LogP contribution >= 0.6 is 23.5 Å². The minimum Gasteiger partial charge on any atom is -0.497 e. The van der Waals surface area contributed by atoms with E-state index in [0.29, 0.717) is 11.3 Å². The summed E-state index contributed by atoms with van der Waals surface area (Å²) in [6, 6.07) is 15.7. The maximum atomic E-state index is 13.2. The third kappa shape index (κ3) is 5.56. The van der Waals surface area contributed by atoms with Crippen LogP contribution in [0.25, 0.3) is 0 Å². The highest BCUT2D eigenvalue weighted by atomic mass is 32.2. The second-order valence-corrected chi connectivity index (χ2v) is 9.58. The van der Waals surface area contributed by atoms with Crippen LogP contribution in [0.5, 0.6) is 5.75 Å². The van der Waals surface area contributed by atoms with Crippen molar-refractivity contribution in [3.05, 3.63) is 65.7 Å². The number of thioether (sulfide) groups is 2. The number of hydrogen-bond acceptors (Lipinski definition) is 6. The molecule has 6 nitrogen and oxygen atoms in total. The Hall–Kier alpha value is -2.16. The van der Waals surface area contributed by atoms with Crippen LogP contribution in [0.3, 0.4) is 0 Å². The van der Waals surface area contributed by atoms with Crippen LogP contribution < -0.4 is 4.74 Å². The molecule has 0 aliphatic carbocycles. The van der Waals surface area contributed by atoms with Crippen LogP contribution in [0.2, 0.25) is 0 Å². The number of carbonyl (C=O) groups is 2. The molecular weight excluding hydrogens is 434 g/mol. The van der Waals surface area contributed by atoms with E-state index in [1.165, 1.54) is 16.7 Å². The summed E-state index contributed by atoms with van der Waals surface area (Å²) < 4.78 is 5.17. The maximum absolute atomic E-state index is 13.2. The summed E-state index contributed by atoms with van der Waals surface area (Å²) in [6.07, 6.45) is 1.84. The molecule has 0 saturated carbocycles. The van der Waals surface area contributed by atoms with E-state index in [1.807, 2.05) is 36.6 Å². The lowest BCUT2D eigenvalue weighted by Gasteiger charge is -2.27. The van der Waals surface area contributed by atoms with Gasteiger partial charge < -0.3 is 19.8 Å². The Morgan fingerprint density at radius 2 is 1.87 bits per heavy atom. The van der Waals surface area contributed by atoms with Crippen molar-refractivity contribution in [1.82, 2.24) is 4.90 Å². The van der Waals surface area contributed by atoms with Crippen molar-refractivity contribution in [1.29, 1.82) is 0 Å². The quantitative estimate of drug-likeness (QED) is 0.593. The van der Waals surface area contributed by atoms with Gasteiger partial charge in [0.15, 0.2) is 0 Å². The molecule has 2 aromatic carbocycles. The van der Waals surface area contributed by atoms with Gasteiger partial charge in [-0.1, -0.05) is 42.5 Å². The average Bonchev–Trinajstić information content (AvgIpc) is 3.17. The Morgan fingerprint density at radius 1 is 1.19 bits per heavy atom. The molecule has 0 aromatic heterocycles. The lowest BCUT2D eigenvalue weighted by atomic mass is 9.91. The van der Waals surface area contributed by atoms with Gasteiger partial charge in [-0.15, -0.1) is 0 Å². The third-order valence-corrected chi connectivity index (χ3v) is 7.73. The summed E-state index contributed by atoms with van der Waals surface area (Å²) in [4.78, 5) is 26.4. The van der Waals surface area contributed by atoms with Gasteiger partial charge in [0.05, 0.1) is 18.9 Å². The fourth-order valence-corrected chi connectivity index (χ4v) is 5.80. The normalized spacial score (nSPS) is 21.6. The Kier molecular flexibility index (Phi) is 7.91. The van der Waals surface area contributed by atoms with E-state index >= 15 is 0 Å². The van der Waals surface area contributed by atoms with E-state index in [4.69, 9.17) is 4.74 Å². The molecule has 1 aliphatic heterocycles. The van der Waals surface area contributed by atoms with Crippen molar-refractivity contribution in [3.8, 4) is 5.75 Å². The number of carboxylic acids is 1. The molecule has 2 unspecified atom stereocenters. The summed E-state index contributed by atoms with van der Waals surface area (Å²) in [5.74, 6) is 0.758. The topological polar surface area (TPSA) is 87.1 Å². The first kappa shape index (κ1) is 23.5. The van der Waals surface area contributed by atoms with Crippen molar-refractivity contribution in [2.45, 2.75) is 29.1 Å². The molecule has 3 atom stereocenters. The zero-order chi connectivity index (χ0) is 22.4. The molecule has 166 valence electrons. The monoisotopic (exact) mass is 461 g/mol. The molecule has 1 aliphatic rings. The fourth-order valence-electron chi connectivity index (χ4n) is 3.73. The highest BCUT2D eigenvalue weighted by molar-refractivity contribution is 8.03. The van der Waals surface area contributed by atoms with Gasteiger partial charge in [0.2, 0.25) is 5.91 Å². The van der Waals surface area contributed by atoms with Crippen molar-refractivity contribution in [2.75, 3.05) is 25.7 Å². The molecule has 8 heteroatoms. The standard InChI is InChI=1S/C23H27NO5S2/c1-29-18-10-8-16(9-11-18)13-31-14-20(30-2)21(25)24-15-23(28,12-19(24)22(26)27)17-6-4-3-5-7-17/h3-11,19-20,28H,12-15H2,1-2H3,(H,26,27)/t19-,20?,23?/m0/s1. The van der Waals surface area contributed by atoms with Gasteiger partial charge in [0.1, 0.15) is 17.4 Å². The van der Waals surface area contributed by atoms with Crippen LogP contribution in [-0.4, -0.2) is 63.9 Å². The zero-order valence-electron chi connectivity index (χ0n) is 17.6. The van der Waals surface area contributed by atoms with Crippen LogP contribution in [0.15, 0.2) is 54.6 Å². The minimum atomic E-state index is -1.36. The van der Waals surface area contributed by atoms with Crippen LogP contribution in [0, 0.1) is 0 Å². The second kappa shape index (κ2) is 10.4. The number of rotatable bonds is 9. The summed E-state index contributed by atoms with van der Waals surface area (Å²) >= 11 is 3.04. The largest absolute Gasteiger partial charge is 0.497 e. The molecule has 1 heterocycles. The van der Waals surface area contributed by atoms with Gasteiger partial charge in [-0.3, -0.25) is 4.79 Å². The third-order valence-electron chi connectivity index (χ3n) is 5.48. The van der Waals surface area contributed by atoms with Gasteiger partial charge in [0, 0.05) is 17.9 Å². The average molecular weight is 462 g/mol. The van der Waals surface area contributed by atoms with E-state index in [0.717, 1.165) is 17.1 Å². The molecule has 2 N–H and O–H groups in total. The van der Waals surface area contributed by atoms with E-state index in [1.54, 1.807) is 43.1 Å². The highest BCUT2D eigenvalue weighted by Crippen LogP contribution is 2.37. The molecule has 0 bridgehead atoms. The van der Waals surface area contributed by atoms with E-state index in [9.17, 15) is 19.8 Å². The second-order valence-electron chi connectivity index (χ2n) is 7.51. The van der Waals surface area contributed by atoms with Crippen molar-refractivity contribution < 1.29 is 24.5 Å². The van der Waals surface area contributed by atoms with Crippen molar-refractivity contribution >= 4 is 35.4 Å². The Balaban J connectivity index is 1.66. The number of hydrogen-bond donors (Lipinski definition) is 2. The number of methoxy groups -OCH3 is 1. The van der Waals surface area contributed by atoms with E-state index < -0.39 is 17.6 Å². The number of aliphatic hydroxyl groups is 1. The smallest absolute Gasteiger partial charge is 0.326 e. The van der Waals surface area contributed by atoms with Gasteiger partial charge in [-0.25, -0.2) is 4.79 Å². The maximum Gasteiger partial charge on any atom is 0.326 e. The number of ether oxygens (including phenoxy) is 1. The van der Waals surface area contributed by atoms with Gasteiger partial charge in [-0.05, 0) is 29.5 Å². The lowest BCUT2D eigenvalue weighted by Crippen LogP contribution is -2.45. The Bertz CT molecular complexity index is 893. The first-order valence-corrected chi connectivity index (χ1v) is 12.4. The molecule has 1 fully saturated rings. The molecule has 1 amide bonds. The molecular formula is C23H27NO5S2. The van der Waals surface area contributed by atoms with E-state index in [2.05, 4.69) is 0 Å². The minimum absolute atomic E-state index is 0.0157. The number of carbonyl (C=O) groups excluding carboxylic acids is 1. The zero-order valence-corrected chi connectivity index (χ0v) is 19.2. The molecule has 1 saturated heterocycles. The molecule has 2 aromatic rings. The summed E-state index contributed by atoms with van der Waals surface area (Å²) in [5.41, 5.74) is 0.395. The number of amides is 1. The summed E-state index contributed by atoms with van der Waals surface area (Å²) in [7, 11) is 1.63. The number of likely N-dealkylation sites (tertiary alicyclic amines) is 1.